The third-order valence-electron chi connectivity index (χ3n) is 2.31. The van der Waals surface area contributed by atoms with Crippen LogP contribution in [0.2, 0.25) is 0 Å². The van der Waals surface area contributed by atoms with Crippen LogP contribution in [-0.4, -0.2) is 23.0 Å². The molecule has 1 aromatic rings. The maximum atomic E-state index is 11.3. The van der Waals surface area contributed by atoms with Gasteiger partial charge in [-0.05, 0) is 19.1 Å². The van der Waals surface area contributed by atoms with Crippen molar-refractivity contribution in [1.82, 2.24) is 0 Å². The summed E-state index contributed by atoms with van der Waals surface area (Å²) in [6.07, 6.45) is 0. The maximum absolute atomic E-state index is 11.3. The molecule has 1 aromatic carbocycles. The highest BCUT2D eigenvalue weighted by Crippen LogP contribution is 2.30. The predicted octanol–water partition coefficient (Wildman–Crippen LogP) is 1.14. The Morgan fingerprint density at radius 2 is 2.20 bits per heavy atom. The Bertz CT molecular complexity index is 442. The molecule has 78 valence electrons. The van der Waals surface area contributed by atoms with Crippen LogP contribution in [0.1, 0.15) is 17.3 Å². The van der Waals surface area contributed by atoms with Crippen LogP contribution in [0.25, 0.3) is 0 Å². The molecule has 5 heteroatoms. The molecule has 0 saturated carbocycles. The second-order valence-electron chi connectivity index (χ2n) is 3.39. The lowest BCUT2D eigenvalue weighted by Gasteiger charge is -2.25. The van der Waals surface area contributed by atoms with Crippen molar-refractivity contribution in [2.45, 2.75) is 13.0 Å². The maximum Gasteiger partial charge on any atom is 0.337 e. The van der Waals surface area contributed by atoms with Gasteiger partial charge in [0, 0.05) is 0 Å². The van der Waals surface area contributed by atoms with Crippen LogP contribution in [-0.2, 0) is 4.79 Å². The molecule has 0 radical (unpaired) electrons. The first-order chi connectivity index (χ1) is 7.09. The third-order valence-corrected chi connectivity index (χ3v) is 2.31. The summed E-state index contributed by atoms with van der Waals surface area (Å²) >= 11 is 0. The van der Waals surface area contributed by atoms with E-state index in [1.54, 1.807) is 19.1 Å². The number of aromatic carboxylic acids is 1. The van der Waals surface area contributed by atoms with E-state index in [0.29, 0.717) is 11.4 Å². The lowest BCUT2D eigenvalue weighted by atomic mass is 10.1. The van der Waals surface area contributed by atoms with Gasteiger partial charge in [0.2, 0.25) is 5.91 Å². The molecule has 5 nitrogen and oxygen atoms in total. The third kappa shape index (κ3) is 1.52. The zero-order chi connectivity index (χ0) is 11.0. The van der Waals surface area contributed by atoms with Crippen molar-refractivity contribution in [3.05, 3.63) is 23.8 Å². The van der Waals surface area contributed by atoms with Crippen molar-refractivity contribution in [3.8, 4) is 0 Å². The number of carboxylic acids is 1. The first kappa shape index (κ1) is 9.51. The van der Waals surface area contributed by atoms with E-state index in [0.717, 1.165) is 0 Å². The molecule has 1 heterocycles. The monoisotopic (exact) mass is 206 g/mol. The molecular formula is C10H10N2O3. The van der Waals surface area contributed by atoms with Gasteiger partial charge in [-0.2, -0.15) is 0 Å². The topological polar surface area (TPSA) is 78.4 Å². The molecule has 0 bridgehead atoms. The Balaban J connectivity index is 2.52. The Hall–Kier alpha value is -2.04. The molecule has 1 atom stereocenters. The van der Waals surface area contributed by atoms with Crippen LogP contribution in [0.3, 0.4) is 0 Å². The summed E-state index contributed by atoms with van der Waals surface area (Å²) in [6, 6.07) is 4.34. The largest absolute Gasteiger partial charge is 0.478 e. The van der Waals surface area contributed by atoms with Crippen LogP contribution in [0, 0.1) is 0 Å². The quantitative estimate of drug-likeness (QED) is 0.643. The number of rotatable bonds is 1. The summed E-state index contributed by atoms with van der Waals surface area (Å²) in [5, 5.41) is 14.4. The Morgan fingerprint density at radius 1 is 1.47 bits per heavy atom. The molecule has 0 aromatic heterocycles. The summed E-state index contributed by atoms with van der Waals surface area (Å²) in [6.45, 7) is 1.68. The minimum Gasteiger partial charge on any atom is -0.478 e. The average molecular weight is 206 g/mol. The van der Waals surface area contributed by atoms with E-state index in [2.05, 4.69) is 10.6 Å². The van der Waals surface area contributed by atoms with Gasteiger partial charge in [-0.15, -0.1) is 0 Å². The smallest absolute Gasteiger partial charge is 0.337 e. The minimum absolute atomic E-state index is 0.162. The van der Waals surface area contributed by atoms with Gasteiger partial charge in [-0.3, -0.25) is 4.79 Å². The van der Waals surface area contributed by atoms with Gasteiger partial charge in [0.1, 0.15) is 6.04 Å². The number of carbonyl (C=O) groups is 2. The zero-order valence-electron chi connectivity index (χ0n) is 8.07. The van der Waals surface area contributed by atoms with Crippen LogP contribution < -0.4 is 10.6 Å². The normalized spacial score (nSPS) is 18.7. The van der Waals surface area contributed by atoms with Gasteiger partial charge in [0.05, 0.1) is 16.9 Å². The lowest BCUT2D eigenvalue weighted by molar-refractivity contribution is -0.116. The second-order valence-corrected chi connectivity index (χ2v) is 3.39. The Labute approximate surface area is 86.1 Å². The molecule has 1 aliphatic rings. The minimum atomic E-state index is -1.01. The van der Waals surface area contributed by atoms with E-state index in [-0.39, 0.29) is 11.5 Å². The number of fused-ring (bicyclic) bond motifs is 1. The van der Waals surface area contributed by atoms with E-state index >= 15 is 0 Å². The molecular weight excluding hydrogens is 196 g/mol. The number of para-hydroxylation sites is 1. The van der Waals surface area contributed by atoms with Crippen molar-refractivity contribution in [3.63, 3.8) is 0 Å². The second kappa shape index (κ2) is 3.27. The summed E-state index contributed by atoms with van der Waals surface area (Å²) in [7, 11) is 0. The molecule has 1 amide bonds. The number of anilines is 2. The fourth-order valence-corrected chi connectivity index (χ4v) is 1.51. The number of benzene rings is 1. The van der Waals surface area contributed by atoms with Crippen molar-refractivity contribution in [1.29, 1.82) is 0 Å². The van der Waals surface area contributed by atoms with Gasteiger partial charge in [0.25, 0.3) is 0 Å². The molecule has 15 heavy (non-hydrogen) atoms. The van der Waals surface area contributed by atoms with Crippen LogP contribution in [0.5, 0.6) is 0 Å². The highest BCUT2D eigenvalue weighted by Gasteiger charge is 2.24. The van der Waals surface area contributed by atoms with Gasteiger partial charge < -0.3 is 15.7 Å². The predicted molar refractivity (Wildman–Crippen MR) is 55.1 cm³/mol. The van der Waals surface area contributed by atoms with Gasteiger partial charge >= 0.3 is 5.97 Å². The lowest BCUT2D eigenvalue weighted by Crippen LogP contribution is -2.37. The number of amides is 1. The van der Waals surface area contributed by atoms with Gasteiger partial charge in [0.15, 0.2) is 0 Å². The number of carbonyl (C=O) groups excluding carboxylic acids is 1. The molecule has 2 rings (SSSR count). The SMILES string of the molecule is C[C@@H]1Nc2c(cccc2C(=O)O)NC1=O. The van der Waals surface area contributed by atoms with E-state index in [4.69, 9.17) is 5.11 Å². The molecule has 1 aliphatic heterocycles. The zero-order valence-corrected chi connectivity index (χ0v) is 8.07. The van der Waals surface area contributed by atoms with Crippen molar-refractivity contribution >= 4 is 23.3 Å². The molecule has 0 saturated heterocycles. The average Bonchev–Trinajstić information content (AvgIpc) is 2.18. The molecule has 0 spiro atoms. The molecule has 0 aliphatic carbocycles. The number of carboxylic acid groups (broad SMARTS) is 1. The highest BCUT2D eigenvalue weighted by molar-refractivity contribution is 6.07. The molecule has 3 N–H and O–H groups in total. The van der Waals surface area contributed by atoms with E-state index in [9.17, 15) is 9.59 Å². The first-order valence-electron chi connectivity index (χ1n) is 4.53. The van der Waals surface area contributed by atoms with E-state index in [1.807, 2.05) is 0 Å². The van der Waals surface area contributed by atoms with Crippen molar-refractivity contribution < 1.29 is 14.7 Å². The first-order valence-corrected chi connectivity index (χ1v) is 4.53. The summed E-state index contributed by atoms with van der Waals surface area (Å²) in [4.78, 5) is 22.2. The van der Waals surface area contributed by atoms with Crippen LogP contribution >= 0.6 is 0 Å². The fourth-order valence-electron chi connectivity index (χ4n) is 1.51. The van der Waals surface area contributed by atoms with Gasteiger partial charge in [-0.1, -0.05) is 6.07 Å². The summed E-state index contributed by atoms with van der Waals surface area (Å²) in [5.74, 6) is -1.17. The summed E-state index contributed by atoms with van der Waals surface area (Å²) in [5.41, 5.74) is 1.15. The molecule has 0 unspecified atom stereocenters. The Kier molecular flexibility index (Phi) is 2.07. The fraction of sp³-hybridized carbons (Fsp3) is 0.200. The summed E-state index contributed by atoms with van der Waals surface area (Å²) < 4.78 is 0. The highest BCUT2D eigenvalue weighted by atomic mass is 16.4. The number of nitrogens with one attached hydrogen (secondary N) is 2. The van der Waals surface area contributed by atoms with Crippen LogP contribution in [0.4, 0.5) is 11.4 Å². The standard InChI is InChI=1S/C10H10N2O3/c1-5-9(13)12-7-4-2-3-6(10(14)15)8(7)11-5/h2-5,11H,1H3,(H,12,13)(H,14,15)/t5-/m0/s1. The van der Waals surface area contributed by atoms with Crippen LogP contribution in [0.15, 0.2) is 18.2 Å². The van der Waals surface area contributed by atoms with Crippen molar-refractivity contribution in [2.24, 2.45) is 0 Å². The van der Waals surface area contributed by atoms with E-state index in [1.165, 1.54) is 6.07 Å². The Morgan fingerprint density at radius 3 is 2.87 bits per heavy atom. The number of hydrogen-bond acceptors (Lipinski definition) is 3. The number of hydrogen-bond donors (Lipinski definition) is 3. The van der Waals surface area contributed by atoms with E-state index < -0.39 is 12.0 Å². The molecule has 0 fully saturated rings. The van der Waals surface area contributed by atoms with Gasteiger partial charge in [-0.25, -0.2) is 4.79 Å². The van der Waals surface area contributed by atoms with Crippen molar-refractivity contribution in [2.75, 3.05) is 10.6 Å².